The van der Waals surface area contributed by atoms with E-state index in [-0.39, 0.29) is 4.90 Å². The third kappa shape index (κ3) is 4.06. The van der Waals surface area contributed by atoms with Gasteiger partial charge in [0.2, 0.25) is 0 Å². The van der Waals surface area contributed by atoms with E-state index in [1.165, 1.54) is 6.21 Å². The van der Waals surface area contributed by atoms with Gasteiger partial charge in [0.15, 0.2) is 0 Å². The van der Waals surface area contributed by atoms with Crippen LogP contribution in [-0.2, 0) is 10.0 Å². The number of aryl methyl sites for hydroxylation is 2. The van der Waals surface area contributed by atoms with E-state index in [2.05, 4.69) is 9.93 Å². The molecule has 1 N–H and O–H groups in total. The van der Waals surface area contributed by atoms with Crippen molar-refractivity contribution in [3.05, 3.63) is 64.2 Å². The molecular weight excluding hydrogens is 308 g/mol. The molecule has 0 saturated carbocycles. The number of hydrazone groups is 1. The summed E-state index contributed by atoms with van der Waals surface area (Å²) >= 11 is 5.85. The highest BCUT2D eigenvalue weighted by atomic mass is 35.5. The molecule has 21 heavy (non-hydrogen) atoms. The fourth-order valence-electron chi connectivity index (χ4n) is 1.80. The zero-order chi connectivity index (χ0) is 15.5. The van der Waals surface area contributed by atoms with E-state index in [0.29, 0.717) is 16.1 Å². The summed E-state index contributed by atoms with van der Waals surface area (Å²) in [5, 5.41) is 4.35. The Labute approximate surface area is 129 Å². The van der Waals surface area contributed by atoms with E-state index in [9.17, 15) is 8.42 Å². The van der Waals surface area contributed by atoms with Gasteiger partial charge < -0.3 is 0 Å². The quantitative estimate of drug-likeness (QED) is 0.693. The van der Waals surface area contributed by atoms with Crippen molar-refractivity contribution in [2.24, 2.45) is 5.10 Å². The van der Waals surface area contributed by atoms with Gasteiger partial charge in [-0.15, -0.1) is 0 Å². The first-order valence-electron chi connectivity index (χ1n) is 6.26. The van der Waals surface area contributed by atoms with E-state index < -0.39 is 10.0 Å². The molecule has 2 rings (SSSR count). The second kappa shape index (κ2) is 6.28. The molecule has 4 nitrogen and oxygen atoms in total. The lowest BCUT2D eigenvalue weighted by Crippen LogP contribution is -2.19. The van der Waals surface area contributed by atoms with Crippen LogP contribution in [0, 0.1) is 13.8 Å². The standard InChI is InChI=1S/C15H15ClN2O2S/c1-11-6-7-12(2)15(8-11)21(19,20)18-17-10-13-4-3-5-14(16)9-13/h3-10,18H,1-2H3/b17-10-. The van der Waals surface area contributed by atoms with E-state index in [1.807, 2.05) is 13.0 Å². The summed E-state index contributed by atoms with van der Waals surface area (Å²) in [6.07, 6.45) is 1.41. The van der Waals surface area contributed by atoms with Gasteiger partial charge in [-0.1, -0.05) is 35.9 Å². The Morgan fingerprint density at radius 3 is 2.62 bits per heavy atom. The molecule has 2 aromatic rings. The molecule has 0 heterocycles. The highest BCUT2D eigenvalue weighted by Crippen LogP contribution is 2.16. The highest BCUT2D eigenvalue weighted by molar-refractivity contribution is 7.89. The average molecular weight is 323 g/mol. The van der Waals surface area contributed by atoms with Crippen LogP contribution in [0.15, 0.2) is 52.5 Å². The van der Waals surface area contributed by atoms with Crippen LogP contribution in [-0.4, -0.2) is 14.6 Å². The lowest BCUT2D eigenvalue weighted by atomic mass is 10.2. The lowest BCUT2D eigenvalue weighted by molar-refractivity contribution is 0.584. The number of benzene rings is 2. The van der Waals surface area contributed by atoms with E-state index >= 15 is 0 Å². The predicted octanol–water partition coefficient (Wildman–Crippen LogP) is 3.27. The molecule has 2 aromatic carbocycles. The van der Waals surface area contributed by atoms with Crippen molar-refractivity contribution in [1.82, 2.24) is 4.83 Å². The normalized spacial score (nSPS) is 11.8. The number of rotatable bonds is 4. The monoisotopic (exact) mass is 322 g/mol. The first-order valence-corrected chi connectivity index (χ1v) is 8.12. The molecule has 0 saturated heterocycles. The van der Waals surface area contributed by atoms with Crippen molar-refractivity contribution in [3.8, 4) is 0 Å². The first-order chi connectivity index (χ1) is 9.88. The Balaban J connectivity index is 2.20. The molecule has 0 spiro atoms. The number of hydrogen-bond acceptors (Lipinski definition) is 3. The van der Waals surface area contributed by atoms with Gasteiger partial charge in [0.25, 0.3) is 10.0 Å². The summed E-state index contributed by atoms with van der Waals surface area (Å²) in [7, 11) is -3.67. The van der Waals surface area contributed by atoms with Crippen molar-refractivity contribution in [3.63, 3.8) is 0 Å². The van der Waals surface area contributed by atoms with Crippen LogP contribution in [0.4, 0.5) is 0 Å². The number of nitrogens with one attached hydrogen (secondary N) is 1. The molecule has 6 heteroatoms. The minimum absolute atomic E-state index is 0.228. The molecule has 0 aliphatic heterocycles. The van der Waals surface area contributed by atoms with Crippen molar-refractivity contribution < 1.29 is 8.42 Å². The van der Waals surface area contributed by atoms with Gasteiger partial charge in [0.1, 0.15) is 0 Å². The molecule has 0 aliphatic carbocycles. The van der Waals surface area contributed by atoms with Gasteiger partial charge in [-0.2, -0.15) is 13.5 Å². The molecule has 0 radical (unpaired) electrons. The molecule has 0 atom stereocenters. The summed E-state index contributed by atoms with van der Waals surface area (Å²) < 4.78 is 24.4. The Bertz CT molecular complexity index is 786. The van der Waals surface area contributed by atoms with Gasteiger partial charge in [0.05, 0.1) is 11.1 Å². The van der Waals surface area contributed by atoms with Crippen molar-refractivity contribution in [2.45, 2.75) is 18.7 Å². The average Bonchev–Trinajstić information content (AvgIpc) is 2.41. The second-order valence-corrected chi connectivity index (χ2v) is 6.74. The molecule has 0 amide bonds. The highest BCUT2D eigenvalue weighted by Gasteiger charge is 2.15. The SMILES string of the molecule is Cc1ccc(C)c(S(=O)(=O)N/N=C\c2cccc(Cl)c2)c1. The maximum atomic E-state index is 12.2. The van der Waals surface area contributed by atoms with E-state index in [4.69, 9.17) is 11.6 Å². The fraction of sp³-hybridized carbons (Fsp3) is 0.133. The number of nitrogens with zero attached hydrogens (tertiary/aromatic N) is 1. The van der Waals surface area contributed by atoms with Crippen LogP contribution in [0.2, 0.25) is 5.02 Å². The van der Waals surface area contributed by atoms with Crippen molar-refractivity contribution in [1.29, 1.82) is 0 Å². The molecule has 0 aromatic heterocycles. The summed E-state index contributed by atoms with van der Waals surface area (Å²) in [4.78, 5) is 2.44. The third-order valence-corrected chi connectivity index (χ3v) is 4.47. The van der Waals surface area contributed by atoms with Crippen molar-refractivity contribution in [2.75, 3.05) is 0 Å². The topological polar surface area (TPSA) is 58.5 Å². The van der Waals surface area contributed by atoms with E-state index in [0.717, 1.165) is 5.56 Å². The summed E-state index contributed by atoms with van der Waals surface area (Å²) in [5.74, 6) is 0. The van der Waals surface area contributed by atoms with E-state index in [1.54, 1.807) is 43.3 Å². The Kier molecular flexibility index (Phi) is 4.65. The molecule has 110 valence electrons. The van der Waals surface area contributed by atoms with Crippen LogP contribution < -0.4 is 4.83 Å². The summed E-state index contributed by atoms with van der Waals surface area (Å²) in [5.41, 5.74) is 2.26. The Morgan fingerprint density at radius 2 is 1.90 bits per heavy atom. The Hall–Kier alpha value is -1.85. The first kappa shape index (κ1) is 15.5. The molecule has 0 aliphatic rings. The van der Waals surface area contributed by atoms with Crippen LogP contribution in [0.5, 0.6) is 0 Å². The maximum Gasteiger partial charge on any atom is 0.276 e. The maximum absolute atomic E-state index is 12.2. The van der Waals surface area contributed by atoms with Gasteiger partial charge in [-0.25, -0.2) is 4.83 Å². The zero-order valence-corrected chi connectivity index (χ0v) is 13.2. The van der Waals surface area contributed by atoms with Gasteiger partial charge in [-0.05, 0) is 48.7 Å². The second-order valence-electron chi connectivity index (χ2n) is 4.68. The van der Waals surface area contributed by atoms with Crippen LogP contribution in [0.1, 0.15) is 16.7 Å². The largest absolute Gasteiger partial charge is 0.276 e. The van der Waals surface area contributed by atoms with Gasteiger partial charge in [0, 0.05) is 5.02 Å². The molecule has 0 bridgehead atoms. The van der Waals surface area contributed by atoms with Gasteiger partial charge in [-0.3, -0.25) is 0 Å². The summed E-state index contributed by atoms with van der Waals surface area (Å²) in [6, 6.07) is 12.2. The number of sulfonamides is 1. The molecule has 0 fully saturated rings. The third-order valence-electron chi connectivity index (χ3n) is 2.87. The van der Waals surface area contributed by atoms with Gasteiger partial charge >= 0.3 is 0 Å². The van der Waals surface area contributed by atoms with Crippen molar-refractivity contribution >= 4 is 27.8 Å². The van der Waals surface area contributed by atoms with Crippen LogP contribution in [0.25, 0.3) is 0 Å². The smallest absolute Gasteiger partial charge is 0.200 e. The minimum atomic E-state index is -3.67. The van der Waals surface area contributed by atoms with Crippen LogP contribution in [0.3, 0.4) is 0 Å². The number of halogens is 1. The number of hydrogen-bond donors (Lipinski definition) is 1. The summed E-state index contributed by atoms with van der Waals surface area (Å²) in [6.45, 7) is 3.59. The fourth-order valence-corrected chi connectivity index (χ4v) is 3.12. The Morgan fingerprint density at radius 1 is 1.14 bits per heavy atom. The molecule has 0 unspecified atom stereocenters. The zero-order valence-electron chi connectivity index (χ0n) is 11.7. The minimum Gasteiger partial charge on any atom is -0.200 e. The van der Waals surface area contributed by atoms with Crippen LogP contribution >= 0.6 is 11.6 Å². The lowest BCUT2D eigenvalue weighted by Gasteiger charge is -2.07. The molecular formula is C15H15ClN2O2S. The predicted molar refractivity (Wildman–Crippen MR) is 85.3 cm³/mol.